The van der Waals surface area contributed by atoms with Crippen molar-refractivity contribution in [2.45, 2.75) is 58.0 Å². The average molecular weight is 363 g/mol. The van der Waals surface area contributed by atoms with Crippen molar-refractivity contribution in [3.63, 3.8) is 0 Å². The number of thioether (sulfide) groups is 1. The van der Waals surface area contributed by atoms with Gasteiger partial charge in [-0.1, -0.05) is 37.5 Å². The molecule has 3 unspecified atom stereocenters. The molecule has 25 heavy (non-hydrogen) atoms. The van der Waals surface area contributed by atoms with Gasteiger partial charge in [0.1, 0.15) is 6.04 Å². The molecule has 2 amide bonds. The number of amides is 2. The highest BCUT2D eigenvalue weighted by Gasteiger charge is 2.27. The molecule has 1 saturated carbocycles. The Morgan fingerprint density at radius 1 is 1.28 bits per heavy atom. The van der Waals surface area contributed by atoms with E-state index in [0.29, 0.717) is 17.9 Å². The van der Waals surface area contributed by atoms with Crippen molar-refractivity contribution < 1.29 is 9.59 Å². The topological polar surface area (TPSA) is 58.2 Å². The molecule has 1 aliphatic carbocycles. The molecule has 3 atom stereocenters. The Labute approximate surface area is 155 Å². The van der Waals surface area contributed by atoms with Crippen molar-refractivity contribution in [2.24, 2.45) is 5.92 Å². The molecule has 2 rings (SSSR count). The van der Waals surface area contributed by atoms with E-state index in [2.05, 4.69) is 17.6 Å². The Hall–Kier alpha value is -1.49. The number of nitrogens with one attached hydrogen (secondary N) is 2. The van der Waals surface area contributed by atoms with Crippen molar-refractivity contribution in [2.75, 3.05) is 12.0 Å². The summed E-state index contributed by atoms with van der Waals surface area (Å²) >= 11 is 1.69. The summed E-state index contributed by atoms with van der Waals surface area (Å²) in [6.07, 6.45) is 7.27. The second-order valence-corrected chi connectivity index (χ2v) is 8.04. The van der Waals surface area contributed by atoms with Gasteiger partial charge < -0.3 is 10.6 Å². The smallest absolute Gasteiger partial charge is 0.251 e. The first-order valence-corrected chi connectivity index (χ1v) is 10.6. The Morgan fingerprint density at radius 3 is 2.72 bits per heavy atom. The molecular weight excluding hydrogens is 332 g/mol. The summed E-state index contributed by atoms with van der Waals surface area (Å²) in [6, 6.07) is 7.21. The van der Waals surface area contributed by atoms with Gasteiger partial charge in [0.15, 0.2) is 0 Å². The molecule has 0 saturated heterocycles. The summed E-state index contributed by atoms with van der Waals surface area (Å²) < 4.78 is 0. The zero-order valence-electron chi connectivity index (χ0n) is 15.5. The minimum atomic E-state index is -0.477. The molecular formula is C20H30N2O2S. The first kappa shape index (κ1) is 19.8. The quantitative estimate of drug-likeness (QED) is 0.780. The summed E-state index contributed by atoms with van der Waals surface area (Å²) in [5.41, 5.74) is 1.64. The normalized spacial score (nSPS) is 21.4. The van der Waals surface area contributed by atoms with E-state index in [1.807, 2.05) is 31.4 Å². The van der Waals surface area contributed by atoms with Crippen LogP contribution < -0.4 is 10.6 Å². The van der Waals surface area contributed by atoms with E-state index < -0.39 is 6.04 Å². The van der Waals surface area contributed by atoms with Gasteiger partial charge in [-0.2, -0.15) is 11.8 Å². The molecule has 5 heteroatoms. The Bertz CT molecular complexity index is 591. The van der Waals surface area contributed by atoms with Crippen molar-refractivity contribution in [3.8, 4) is 0 Å². The highest BCUT2D eigenvalue weighted by Crippen LogP contribution is 2.23. The monoisotopic (exact) mass is 362 g/mol. The van der Waals surface area contributed by atoms with Crippen molar-refractivity contribution in [3.05, 3.63) is 35.4 Å². The predicted molar refractivity (Wildman–Crippen MR) is 105 cm³/mol. The highest BCUT2D eigenvalue weighted by molar-refractivity contribution is 7.98. The first-order valence-electron chi connectivity index (χ1n) is 9.18. The van der Waals surface area contributed by atoms with E-state index in [-0.39, 0.29) is 17.9 Å². The molecule has 4 nitrogen and oxygen atoms in total. The summed E-state index contributed by atoms with van der Waals surface area (Å²) in [4.78, 5) is 25.3. The lowest BCUT2D eigenvalue weighted by Gasteiger charge is -2.31. The summed E-state index contributed by atoms with van der Waals surface area (Å²) in [7, 11) is 0. The van der Waals surface area contributed by atoms with Gasteiger partial charge in [-0.15, -0.1) is 0 Å². The van der Waals surface area contributed by atoms with Crippen molar-refractivity contribution >= 4 is 23.6 Å². The van der Waals surface area contributed by atoms with Crippen LogP contribution in [0.5, 0.6) is 0 Å². The Balaban J connectivity index is 2.01. The molecule has 0 spiro atoms. The van der Waals surface area contributed by atoms with Crippen LogP contribution in [0.3, 0.4) is 0 Å². The third-order valence-electron chi connectivity index (χ3n) is 4.95. The van der Waals surface area contributed by atoms with Gasteiger partial charge in [0.05, 0.1) is 0 Å². The second-order valence-electron chi connectivity index (χ2n) is 7.05. The van der Waals surface area contributed by atoms with Crippen LogP contribution in [0.2, 0.25) is 0 Å². The van der Waals surface area contributed by atoms with Gasteiger partial charge in [-0.05, 0) is 56.2 Å². The van der Waals surface area contributed by atoms with Gasteiger partial charge in [0, 0.05) is 11.6 Å². The minimum absolute atomic E-state index is 0.0474. The average Bonchev–Trinajstić information content (AvgIpc) is 2.60. The van der Waals surface area contributed by atoms with Crippen molar-refractivity contribution in [1.82, 2.24) is 10.6 Å². The molecule has 0 radical (unpaired) electrons. The first-order chi connectivity index (χ1) is 12.0. The molecule has 0 heterocycles. The minimum Gasteiger partial charge on any atom is -0.351 e. The molecule has 1 fully saturated rings. The number of benzene rings is 1. The highest BCUT2D eigenvalue weighted by atomic mass is 32.2. The fourth-order valence-corrected chi connectivity index (χ4v) is 3.82. The molecule has 0 aromatic heterocycles. The third kappa shape index (κ3) is 6.07. The van der Waals surface area contributed by atoms with Gasteiger partial charge in [-0.3, -0.25) is 9.59 Å². The Morgan fingerprint density at radius 2 is 2.04 bits per heavy atom. The molecule has 1 aromatic carbocycles. The summed E-state index contributed by atoms with van der Waals surface area (Å²) in [5, 5.41) is 6.12. The standard InChI is InChI=1S/C20H30N2O2S/c1-14-7-6-9-16(13-14)19(23)22-18(11-12-25-3)20(24)21-17-10-5-4-8-15(17)2/h6-7,9,13,15,17-18H,4-5,8,10-12H2,1-3H3,(H,21,24)(H,22,23). The van der Waals surface area contributed by atoms with Crippen LogP contribution >= 0.6 is 11.8 Å². The van der Waals surface area contributed by atoms with Gasteiger partial charge in [0.2, 0.25) is 5.91 Å². The van der Waals surface area contributed by atoms with Crippen LogP contribution in [-0.2, 0) is 4.79 Å². The molecule has 2 N–H and O–H groups in total. The van der Waals surface area contributed by atoms with Gasteiger partial charge in [-0.25, -0.2) is 0 Å². The maximum absolute atomic E-state index is 12.8. The van der Waals surface area contributed by atoms with Crippen LogP contribution in [0.25, 0.3) is 0 Å². The summed E-state index contributed by atoms with van der Waals surface area (Å²) in [5.74, 6) is 1.12. The maximum Gasteiger partial charge on any atom is 0.251 e. The van der Waals surface area contributed by atoms with Crippen LogP contribution in [0.1, 0.15) is 54.9 Å². The lowest BCUT2D eigenvalue weighted by atomic mass is 9.86. The second kappa shape index (κ2) is 9.85. The predicted octanol–water partition coefficient (Wildman–Crippen LogP) is 3.54. The number of hydrogen-bond acceptors (Lipinski definition) is 3. The van der Waals surface area contributed by atoms with Crippen LogP contribution in [0.15, 0.2) is 24.3 Å². The van der Waals surface area contributed by atoms with E-state index >= 15 is 0 Å². The molecule has 1 aliphatic rings. The zero-order valence-corrected chi connectivity index (χ0v) is 16.3. The maximum atomic E-state index is 12.8. The van der Waals surface area contributed by atoms with E-state index in [4.69, 9.17) is 0 Å². The van der Waals surface area contributed by atoms with Crippen LogP contribution in [-0.4, -0.2) is 35.9 Å². The SMILES string of the molecule is CSCCC(NC(=O)c1cccc(C)c1)C(=O)NC1CCCCC1C. The van der Waals surface area contributed by atoms with E-state index in [1.54, 1.807) is 17.8 Å². The summed E-state index contributed by atoms with van der Waals surface area (Å²) in [6.45, 7) is 4.16. The zero-order chi connectivity index (χ0) is 18.2. The largest absolute Gasteiger partial charge is 0.351 e. The number of carbonyl (C=O) groups excluding carboxylic acids is 2. The van der Waals surface area contributed by atoms with Gasteiger partial charge in [0.25, 0.3) is 5.91 Å². The molecule has 0 bridgehead atoms. The number of carbonyl (C=O) groups is 2. The molecule has 138 valence electrons. The Kier molecular flexibility index (Phi) is 7.82. The fraction of sp³-hybridized carbons (Fsp3) is 0.600. The van der Waals surface area contributed by atoms with E-state index in [1.165, 1.54) is 12.8 Å². The number of aryl methyl sites for hydroxylation is 1. The lowest BCUT2D eigenvalue weighted by Crippen LogP contribution is -2.51. The molecule has 1 aromatic rings. The van der Waals surface area contributed by atoms with Crippen molar-refractivity contribution in [1.29, 1.82) is 0 Å². The van der Waals surface area contributed by atoms with Gasteiger partial charge >= 0.3 is 0 Å². The fourth-order valence-electron chi connectivity index (χ4n) is 3.35. The number of rotatable bonds is 7. The molecule has 0 aliphatic heterocycles. The number of hydrogen-bond donors (Lipinski definition) is 2. The van der Waals surface area contributed by atoms with Crippen LogP contribution in [0.4, 0.5) is 0 Å². The van der Waals surface area contributed by atoms with E-state index in [0.717, 1.165) is 24.2 Å². The third-order valence-corrected chi connectivity index (χ3v) is 5.60. The van der Waals surface area contributed by atoms with E-state index in [9.17, 15) is 9.59 Å². The van der Waals surface area contributed by atoms with Crippen LogP contribution in [0, 0.1) is 12.8 Å². The lowest BCUT2D eigenvalue weighted by molar-refractivity contribution is -0.124.